The van der Waals surface area contributed by atoms with E-state index in [1.165, 1.54) is 13.0 Å². The summed E-state index contributed by atoms with van der Waals surface area (Å²) in [5, 5.41) is 4.32. The Morgan fingerprint density at radius 2 is 2.24 bits per heavy atom. The van der Waals surface area contributed by atoms with Gasteiger partial charge in [-0.05, 0) is 48.3 Å². The lowest BCUT2D eigenvalue weighted by Gasteiger charge is -2.21. The van der Waals surface area contributed by atoms with Gasteiger partial charge in [0.2, 0.25) is 0 Å². The van der Waals surface area contributed by atoms with Gasteiger partial charge in [-0.3, -0.25) is 4.90 Å². The van der Waals surface area contributed by atoms with Crippen LogP contribution in [0.3, 0.4) is 0 Å². The Balaban J connectivity index is 2.00. The highest BCUT2D eigenvalue weighted by atomic mass is 79.9. The second kappa shape index (κ2) is 5.59. The summed E-state index contributed by atoms with van der Waals surface area (Å²) in [4.78, 5) is 2.50. The molecule has 1 aromatic rings. The van der Waals surface area contributed by atoms with Crippen LogP contribution in [0, 0.1) is 0 Å². The van der Waals surface area contributed by atoms with E-state index in [1.54, 1.807) is 0 Å². The van der Waals surface area contributed by atoms with E-state index in [4.69, 9.17) is 11.6 Å². The van der Waals surface area contributed by atoms with Gasteiger partial charge in [-0.2, -0.15) is 0 Å². The summed E-state index contributed by atoms with van der Waals surface area (Å²) >= 11 is 9.60. The highest BCUT2D eigenvalue weighted by Gasteiger charge is 2.24. The molecule has 1 aromatic carbocycles. The lowest BCUT2D eigenvalue weighted by Crippen LogP contribution is -2.31. The largest absolute Gasteiger partial charge is 0.380 e. The van der Waals surface area contributed by atoms with Gasteiger partial charge in [-0.15, -0.1) is 0 Å². The van der Waals surface area contributed by atoms with E-state index in [0.29, 0.717) is 12.1 Å². The molecule has 94 valence electrons. The van der Waals surface area contributed by atoms with Gasteiger partial charge < -0.3 is 5.32 Å². The van der Waals surface area contributed by atoms with E-state index in [-0.39, 0.29) is 0 Å². The average Bonchev–Trinajstić information content (AvgIpc) is 2.73. The molecule has 2 nitrogen and oxygen atoms in total. The van der Waals surface area contributed by atoms with Crippen molar-refractivity contribution in [2.45, 2.75) is 32.4 Å². The van der Waals surface area contributed by atoms with Gasteiger partial charge in [0.15, 0.2) is 0 Å². The van der Waals surface area contributed by atoms with Crippen LogP contribution < -0.4 is 5.32 Å². The topological polar surface area (TPSA) is 15.3 Å². The predicted octanol–water partition coefficient (Wildman–Crippen LogP) is 4.00. The summed E-state index contributed by atoms with van der Waals surface area (Å²) in [6, 6.07) is 7.08. The number of rotatable bonds is 3. The minimum atomic E-state index is 0.521. The zero-order valence-corrected chi connectivity index (χ0v) is 12.6. The fraction of sp³-hybridized carbons (Fsp3) is 0.538. The van der Waals surface area contributed by atoms with Crippen LogP contribution in [0.5, 0.6) is 0 Å². The van der Waals surface area contributed by atoms with Crippen molar-refractivity contribution in [3.05, 3.63) is 27.7 Å². The molecule has 1 aliphatic rings. The van der Waals surface area contributed by atoms with Crippen LogP contribution in [0.15, 0.2) is 22.7 Å². The summed E-state index contributed by atoms with van der Waals surface area (Å²) in [7, 11) is 0. The molecule has 0 radical (unpaired) electrons. The maximum atomic E-state index is 6.08. The third kappa shape index (κ3) is 3.15. The minimum Gasteiger partial charge on any atom is -0.380 e. The number of hydrogen-bond donors (Lipinski definition) is 1. The van der Waals surface area contributed by atoms with Crippen molar-refractivity contribution in [2.75, 3.05) is 18.4 Å². The average molecular weight is 318 g/mol. The van der Waals surface area contributed by atoms with Crippen LogP contribution in [-0.4, -0.2) is 30.1 Å². The first-order valence-corrected chi connectivity index (χ1v) is 7.19. The monoisotopic (exact) mass is 316 g/mol. The van der Waals surface area contributed by atoms with Crippen molar-refractivity contribution in [3.63, 3.8) is 0 Å². The summed E-state index contributed by atoms with van der Waals surface area (Å²) < 4.78 is 0.963. The zero-order chi connectivity index (χ0) is 12.4. The number of nitrogens with one attached hydrogen (secondary N) is 1. The molecule has 1 atom stereocenters. The lowest BCUT2D eigenvalue weighted by atomic mass is 10.2. The Labute approximate surface area is 116 Å². The van der Waals surface area contributed by atoms with Crippen LogP contribution >= 0.6 is 27.5 Å². The van der Waals surface area contributed by atoms with Gasteiger partial charge in [-0.25, -0.2) is 0 Å². The second-order valence-electron chi connectivity index (χ2n) is 4.82. The van der Waals surface area contributed by atoms with Crippen LogP contribution in [0.25, 0.3) is 0 Å². The molecule has 0 bridgehead atoms. The molecule has 1 N–H and O–H groups in total. The van der Waals surface area contributed by atoms with Gasteiger partial charge in [0.25, 0.3) is 0 Å². The molecule has 17 heavy (non-hydrogen) atoms. The quantitative estimate of drug-likeness (QED) is 0.906. The van der Waals surface area contributed by atoms with Crippen LogP contribution in [-0.2, 0) is 0 Å². The molecule has 4 heteroatoms. The van der Waals surface area contributed by atoms with Gasteiger partial charge in [0.05, 0.1) is 15.2 Å². The first-order valence-electron chi connectivity index (χ1n) is 6.02. The Morgan fingerprint density at radius 1 is 1.47 bits per heavy atom. The molecule has 0 amide bonds. The maximum Gasteiger partial charge on any atom is 0.0593 e. The van der Waals surface area contributed by atoms with E-state index in [1.807, 2.05) is 12.1 Å². The number of hydrogen-bond acceptors (Lipinski definition) is 2. The zero-order valence-electron chi connectivity index (χ0n) is 10.2. The first-order chi connectivity index (χ1) is 8.08. The normalized spacial score (nSPS) is 21.1. The van der Waals surface area contributed by atoms with Crippen molar-refractivity contribution < 1.29 is 0 Å². The van der Waals surface area contributed by atoms with Crippen molar-refractivity contribution >= 4 is 33.2 Å². The van der Waals surface area contributed by atoms with E-state index >= 15 is 0 Å². The van der Waals surface area contributed by atoms with Crippen molar-refractivity contribution in [1.82, 2.24) is 4.90 Å². The standard InChI is InChI=1S/C13H18BrClN2/c1-9(2)17-7-6-10(8-17)16-12-5-3-4-11(15)13(12)14/h3-5,9-10,16H,6-8H2,1-2H3. The number of benzene rings is 1. The summed E-state index contributed by atoms with van der Waals surface area (Å²) in [5.41, 5.74) is 1.09. The van der Waals surface area contributed by atoms with Gasteiger partial charge in [-0.1, -0.05) is 17.7 Å². The summed E-state index contributed by atoms with van der Waals surface area (Å²) in [6.07, 6.45) is 1.19. The van der Waals surface area contributed by atoms with Crippen molar-refractivity contribution in [3.8, 4) is 0 Å². The summed E-state index contributed by atoms with van der Waals surface area (Å²) in [5.74, 6) is 0. The molecule has 1 heterocycles. The fourth-order valence-corrected chi connectivity index (χ4v) is 2.76. The van der Waals surface area contributed by atoms with E-state index in [0.717, 1.165) is 21.7 Å². The molecule has 1 fully saturated rings. The molecule has 2 rings (SSSR count). The van der Waals surface area contributed by atoms with Crippen LogP contribution in [0.2, 0.25) is 5.02 Å². The number of anilines is 1. The maximum absolute atomic E-state index is 6.08. The van der Waals surface area contributed by atoms with Crippen LogP contribution in [0.1, 0.15) is 20.3 Å². The number of halogens is 2. The SMILES string of the molecule is CC(C)N1CCC(Nc2cccc(Cl)c2Br)C1. The molecular formula is C13H18BrClN2. The molecule has 1 unspecified atom stereocenters. The van der Waals surface area contributed by atoms with Crippen LogP contribution in [0.4, 0.5) is 5.69 Å². The Bertz CT molecular complexity index is 395. The van der Waals surface area contributed by atoms with E-state index in [2.05, 4.69) is 46.1 Å². The minimum absolute atomic E-state index is 0.521. The third-order valence-corrected chi connectivity index (χ3v) is 4.66. The summed E-state index contributed by atoms with van der Waals surface area (Å²) in [6.45, 7) is 6.78. The molecule has 0 spiro atoms. The van der Waals surface area contributed by atoms with Gasteiger partial charge in [0.1, 0.15) is 0 Å². The lowest BCUT2D eigenvalue weighted by molar-refractivity contribution is 0.274. The molecule has 1 saturated heterocycles. The highest BCUT2D eigenvalue weighted by Crippen LogP contribution is 2.31. The fourth-order valence-electron chi connectivity index (χ4n) is 2.21. The van der Waals surface area contributed by atoms with Gasteiger partial charge in [0, 0.05) is 25.2 Å². The van der Waals surface area contributed by atoms with Crippen molar-refractivity contribution in [1.29, 1.82) is 0 Å². The third-order valence-electron chi connectivity index (χ3n) is 3.26. The molecule has 0 saturated carbocycles. The van der Waals surface area contributed by atoms with Crippen molar-refractivity contribution in [2.24, 2.45) is 0 Å². The highest BCUT2D eigenvalue weighted by molar-refractivity contribution is 9.10. The number of nitrogens with zero attached hydrogens (tertiary/aromatic N) is 1. The Kier molecular flexibility index (Phi) is 4.34. The molecule has 0 aliphatic carbocycles. The van der Waals surface area contributed by atoms with E-state index in [9.17, 15) is 0 Å². The predicted molar refractivity (Wildman–Crippen MR) is 77.9 cm³/mol. The number of likely N-dealkylation sites (tertiary alicyclic amines) is 1. The Morgan fingerprint density at radius 3 is 2.88 bits per heavy atom. The smallest absolute Gasteiger partial charge is 0.0593 e. The first kappa shape index (κ1) is 13.2. The molecule has 1 aliphatic heterocycles. The second-order valence-corrected chi connectivity index (χ2v) is 6.02. The van der Waals surface area contributed by atoms with Gasteiger partial charge >= 0.3 is 0 Å². The molecule has 0 aromatic heterocycles. The Hall–Kier alpha value is -0.250. The van der Waals surface area contributed by atoms with E-state index < -0.39 is 0 Å². The molecular weight excluding hydrogens is 300 g/mol.